The van der Waals surface area contributed by atoms with Gasteiger partial charge in [-0.25, -0.2) is 0 Å². The number of rotatable bonds is 8. The van der Waals surface area contributed by atoms with Crippen LogP contribution in [0, 0.1) is 0 Å². The van der Waals surface area contributed by atoms with Crippen molar-refractivity contribution in [2.45, 2.75) is 12.5 Å². The standard InChI is InChI=1S/C13H19IO3/c1-15-8-3-9-17-13(10-14)11-4-6-12(16-2)7-5-11/h4-7,13H,3,8-10H2,1-2H3. The zero-order chi connectivity index (χ0) is 12.5. The Bertz CT molecular complexity index is 300. The van der Waals surface area contributed by atoms with Crippen LogP contribution in [0.1, 0.15) is 18.1 Å². The van der Waals surface area contributed by atoms with E-state index in [9.17, 15) is 0 Å². The zero-order valence-corrected chi connectivity index (χ0v) is 12.5. The lowest BCUT2D eigenvalue weighted by atomic mass is 10.1. The molecule has 0 N–H and O–H groups in total. The van der Waals surface area contributed by atoms with Gasteiger partial charge in [-0.05, 0) is 24.1 Å². The third-order valence-electron chi connectivity index (χ3n) is 2.44. The van der Waals surface area contributed by atoms with Gasteiger partial charge in [-0.2, -0.15) is 0 Å². The lowest BCUT2D eigenvalue weighted by Gasteiger charge is -2.16. The Kier molecular flexibility index (Phi) is 7.55. The molecule has 0 aliphatic heterocycles. The molecule has 1 rings (SSSR count). The highest BCUT2D eigenvalue weighted by Gasteiger charge is 2.10. The molecule has 0 aromatic heterocycles. The van der Waals surface area contributed by atoms with E-state index in [1.807, 2.05) is 12.1 Å². The summed E-state index contributed by atoms with van der Waals surface area (Å²) in [4.78, 5) is 0. The normalized spacial score (nSPS) is 12.4. The van der Waals surface area contributed by atoms with Gasteiger partial charge in [-0.3, -0.25) is 0 Å². The summed E-state index contributed by atoms with van der Waals surface area (Å²) in [6, 6.07) is 8.04. The number of hydrogen-bond donors (Lipinski definition) is 0. The number of benzene rings is 1. The lowest BCUT2D eigenvalue weighted by Crippen LogP contribution is -2.08. The number of hydrogen-bond acceptors (Lipinski definition) is 3. The van der Waals surface area contributed by atoms with Gasteiger partial charge in [0.25, 0.3) is 0 Å². The topological polar surface area (TPSA) is 27.7 Å². The molecule has 0 fully saturated rings. The first kappa shape index (κ1) is 14.7. The van der Waals surface area contributed by atoms with Gasteiger partial charge in [0.1, 0.15) is 5.75 Å². The van der Waals surface area contributed by atoms with Gasteiger partial charge in [0.05, 0.1) is 13.2 Å². The molecule has 4 heteroatoms. The number of halogens is 1. The van der Waals surface area contributed by atoms with Gasteiger partial charge >= 0.3 is 0 Å². The monoisotopic (exact) mass is 350 g/mol. The number of alkyl halides is 1. The van der Waals surface area contributed by atoms with Gasteiger partial charge in [-0.15, -0.1) is 0 Å². The minimum Gasteiger partial charge on any atom is -0.497 e. The highest BCUT2D eigenvalue weighted by molar-refractivity contribution is 14.1. The van der Waals surface area contributed by atoms with Crippen LogP contribution < -0.4 is 4.74 Å². The molecule has 0 heterocycles. The van der Waals surface area contributed by atoms with Crippen molar-refractivity contribution in [3.8, 4) is 5.75 Å². The van der Waals surface area contributed by atoms with E-state index in [1.54, 1.807) is 14.2 Å². The molecule has 0 spiro atoms. The fourth-order valence-corrected chi connectivity index (χ4v) is 2.24. The van der Waals surface area contributed by atoms with E-state index in [2.05, 4.69) is 34.7 Å². The zero-order valence-electron chi connectivity index (χ0n) is 10.3. The third kappa shape index (κ3) is 5.23. The molecule has 0 radical (unpaired) electrons. The Morgan fingerprint density at radius 2 is 1.82 bits per heavy atom. The van der Waals surface area contributed by atoms with Crippen molar-refractivity contribution in [3.63, 3.8) is 0 Å². The summed E-state index contributed by atoms with van der Waals surface area (Å²) in [5.74, 6) is 0.875. The second-order valence-electron chi connectivity index (χ2n) is 3.63. The molecule has 0 aliphatic carbocycles. The predicted octanol–water partition coefficient (Wildman–Crippen LogP) is 3.22. The Morgan fingerprint density at radius 3 is 2.35 bits per heavy atom. The van der Waals surface area contributed by atoms with Crippen molar-refractivity contribution < 1.29 is 14.2 Å². The molecule has 0 amide bonds. The first-order chi connectivity index (χ1) is 8.31. The predicted molar refractivity (Wildman–Crippen MR) is 77.1 cm³/mol. The molecular formula is C13H19IO3. The second-order valence-corrected chi connectivity index (χ2v) is 4.51. The van der Waals surface area contributed by atoms with Gasteiger partial charge in [0, 0.05) is 24.8 Å². The van der Waals surface area contributed by atoms with E-state index in [1.165, 1.54) is 5.56 Å². The van der Waals surface area contributed by atoms with Gasteiger partial charge in [-0.1, -0.05) is 34.7 Å². The maximum atomic E-state index is 5.82. The smallest absolute Gasteiger partial charge is 0.118 e. The second kappa shape index (κ2) is 8.72. The van der Waals surface area contributed by atoms with Gasteiger partial charge < -0.3 is 14.2 Å². The van der Waals surface area contributed by atoms with Crippen LogP contribution in [0.5, 0.6) is 5.75 Å². The fourth-order valence-electron chi connectivity index (χ4n) is 1.48. The highest BCUT2D eigenvalue weighted by atomic mass is 127. The van der Waals surface area contributed by atoms with Crippen LogP contribution in [0.4, 0.5) is 0 Å². The van der Waals surface area contributed by atoms with Crippen LogP contribution in [-0.4, -0.2) is 31.9 Å². The minimum atomic E-state index is 0.151. The summed E-state index contributed by atoms with van der Waals surface area (Å²) in [6.07, 6.45) is 1.08. The minimum absolute atomic E-state index is 0.151. The Morgan fingerprint density at radius 1 is 1.12 bits per heavy atom. The summed E-state index contributed by atoms with van der Waals surface area (Å²) in [6.45, 7) is 1.48. The molecule has 1 atom stereocenters. The van der Waals surface area contributed by atoms with Crippen molar-refractivity contribution in [1.82, 2.24) is 0 Å². The molecule has 0 aliphatic rings. The molecule has 1 aromatic rings. The maximum Gasteiger partial charge on any atom is 0.118 e. The van der Waals surface area contributed by atoms with Crippen molar-refractivity contribution in [3.05, 3.63) is 29.8 Å². The maximum absolute atomic E-state index is 5.82. The molecule has 1 unspecified atom stereocenters. The summed E-state index contributed by atoms with van der Waals surface area (Å²) in [7, 11) is 3.38. The van der Waals surface area contributed by atoms with Crippen LogP contribution in [-0.2, 0) is 9.47 Å². The SMILES string of the molecule is COCCCOC(CI)c1ccc(OC)cc1. The van der Waals surface area contributed by atoms with Crippen LogP contribution >= 0.6 is 22.6 Å². The van der Waals surface area contributed by atoms with E-state index < -0.39 is 0 Å². The van der Waals surface area contributed by atoms with Crippen molar-refractivity contribution >= 4 is 22.6 Å². The molecular weight excluding hydrogens is 331 g/mol. The van der Waals surface area contributed by atoms with Crippen LogP contribution in [0.25, 0.3) is 0 Å². The van der Waals surface area contributed by atoms with E-state index in [0.717, 1.165) is 29.8 Å². The Hall–Kier alpha value is -0.330. The molecule has 17 heavy (non-hydrogen) atoms. The van der Waals surface area contributed by atoms with Gasteiger partial charge in [0.15, 0.2) is 0 Å². The first-order valence-electron chi connectivity index (χ1n) is 5.62. The van der Waals surface area contributed by atoms with E-state index >= 15 is 0 Å². The fraction of sp³-hybridized carbons (Fsp3) is 0.538. The van der Waals surface area contributed by atoms with Gasteiger partial charge in [0.2, 0.25) is 0 Å². The molecule has 0 saturated carbocycles. The lowest BCUT2D eigenvalue weighted by molar-refractivity contribution is 0.0542. The number of ether oxygens (including phenoxy) is 3. The Labute approximate surface area is 117 Å². The van der Waals surface area contributed by atoms with Crippen molar-refractivity contribution in [1.29, 1.82) is 0 Å². The van der Waals surface area contributed by atoms with E-state index in [0.29, 0.717) is 0 Å². The van der Waals surface area contributed by atoms with E-state index in [4.69, 9.17) is 14.2 Å². The average molecular weight is 350 g/mol. The molecule has 0 bridgehead atoms. The quantitative estimate of drug-likeness (QED) is 0.409. The first-order valence-corrected chi connectivity index (χ1v) is 7.14. The number of methoxy groups -OCH3 is 2. The Balaban J connectivity index is 2.47. The molecule has 1 aromatic carbocycles. The molecule has 3 nitrogen and oxygen atoms in total. The van der Waals surface area contributed by atoms with Crippen molar-refractivity contribution in [2.75, 3.05) is 31.9 Å². The summed E-state index contributed by atoms with van der Waals surface area (Å²) < 4.78 is 16.9. The summed E-state index contributed by atoms with van der Waals surface area (Å²) in [5, 5.41) is 0. The van der Waals surface area contributed by atoms with Crippen LogP contribution in [0.15, 0.2) is 24.3 Å². The summed E-state index contributed by atoms with van der Waals surface area (Å²) in [5.41, 5.74) is 1.19. The van der Waals surface area contributed by atoms with Crippen molar-refractivity contribution in [2.24, 2.45) is 0 Å². The van der Waals surface area contributed by atoms with E-state index in [-0.39, 0.29) is 6.10 Å². The highest BCUT2D eigenvalue weighted by Crippen LogP contribution is 2.22. The molecule has 96 valence electrons. The van der Waals surface area contributed by atoms with Crippen LogP contribution in [0.3, 0.4) is 0 Å². The summed E-state index contributed by atoms with van der Waals surface area (Å²) >= 11 is 2.34. The largest absolute Gasteiger partial charge is 0.497 e. The molecule has 0 saturated heterocycles. The van der Waals surface area contributed by atoms with Crippen LogP contribution in [0.2, 0.25) is 0 Å². The third-order valence-corrected chi connectivity index (χ3v) is 3.24. The average Bonchev–Trinajstić information content (AvgIpc) is 2.39.